The van der Waals surface area contributed by atoms with Gasteiger partial charge in [-0.05, 0) is 30.2 Å². The summed E-state index contributed by atoms with van der Waals surface area (Å²) in [5, 5.41) is 0. The number of hydrogen-bond donors (Lipinski definition) is 0. The van der Waals surface area contributed by atoms with E-state index in [1.54, 1.807) is 0 Å². The van der Waals surface area contributed by atoms with E-state index >= 15 is 0 Å². The zero-order chi connectivity index (χ0) is 14.4. The van der Waals surface area contributed by atoms with Gasteiger partial charge in [0.05, 0.1) is 5.52 Å². The van der Waals surface area contributed by atoms with Crippen LogP contribution in [0.1, 0.15) is 27.4 Å². The van der Waals surface area contributed by atoms with Gasteiger partial charge in [0, 0.05) is 19.3 Å². The summed E-state index contributed by atoms with van der Waals surface area (Å²) < 4.78 is 1.95. The number of benzene rings is 1. The van der Waals surface area contributed by atoms with Gasteiger partial charge in [0.25, 0.3) is 5.91 Å². The molecule has 0 bridgehead atoms. The fraction of sp³-hybridized carbons (Fsp3) is 0.176. The van der Waals surface area contributed by atoms with Gasteiger partial charge in [-0.1, -0.05) is 30.3 Å². The predicted molar refractivity (Wildman–Crippen MR) is 79.9 cm³/mol. The highest BCUT2D eigenvalue weighted by Gasteiger charge is 2.27. The first kappa shape index (κ1) is 12.1. The first-order valence-corrected chi connectivity index (χ1v) is 7.04. The molecule has 0 fully saturated rings. The molecule has 0 aliphatic carbocycles. The highest BCUT2D eigenvalue weighted by molar-refractivity contribution is 5.99. The highest BCUT2D eigenvalue weighted by atomic mass is 16.2. The maximum Gasteiger partial charge on any atom is 0.275 e. The van der Waals surface area contributed by atoms with Crippen molar-refractivity contribution in [2.75, 3.05) is 0 Å². The van der Waals surface area contributed by atoms with Crippen molar-refractivity contribution in [2.45, 2.75) is 20.0 Å². The third-order valence-electron chi connectivity index (χ3n) is 4.06. The molecule has 1 aromatic carbocycles. The van der Waals surface area contributed by atoms with E-state index in [1.165, 1.54) is 11.1 Å². The second-order valence-electron chi connectivity index (χ2n) is 5.39. The normalized spacial score (nSPS) is 13.7. The number of imidazole rings is 1. The zero-order valence-electron chi connectivity index (χ0n) is 11.8. The van der Waals surface area contributed by atoms with Crippen molar-refractivity contribution < 1.29 is 4.79 Å². The lowest BCUT2D eigenvalue weighted by Crippen LogP contribution is -2.25. The van der Waals surface area contributed by atoms with Crippen molar-refractivity contribution in [1.29, 1.82) is 0 Å². The minimum atomic E-state index is 0.00278. The smallest absolute Gasteiger partial charge is 0.275 e. The Balaban J connectivity index is 1.72. The summed E-state index contributed by atoms with van der Waals surface area (Å²) in [6, 6.07) is 14.0. The Hall–Kier alpha value is -2.62. The number of nitrogens with zero attached hydrogens (tertiary/aromatic N) is 3. The minimum Gasteiger partial charge on any atom is -0.329 e. The van der Waals surface area contributed by atoms with Crippen molar-refractivity contribution in [1.82, 2.24) is 14.3 Å². The molecule has 3 aromatic rings. The van der Waals surface area contributed by atoms with Crippen LogP contribution < -0.4 is 0 Å². The number of carbonyl (C=O) groups excluding carboxylic acids is 1. The van der Waals surface area contributed by atoms with E-state index in [2.05, 4.69) is 17.1 Å². The average Bonchev–Trinajstić information content (AvgIpc) is 3.09. The molecule has 0 unspecified atom stereocenters. The number of amides is 1. The van der Waals surface area contributed by atoms with Gasteiger partial charge in [0.2, 0.25) is 0 Å². The summed E-state index contributed by atoms with van der Waals surface area (Å²) in [5.74, 6) is 0.841. The number of rotatable bonds is 1. The average molecular weight is 277 g/mol. The number of aromatic nitrogens is 2. The van der Waals surface area contributed by atoms with Crippen molar-refractivity contribution in [2.24, 2.45) is 0 Å². The quantitative estimate of drug-likeness (QED) is 0.686. The molecule has 0 N–H and O–H groups in total. The van der Waals surface area contributed by atoms with Crippen LogP contribution in [0.25, 0.3) is 5.52 Å². The Bertz CT molecular complexity index is 825. The van der Waals surface area contributed by atoms with Gasteiger partial charge >= 0.3 is 0 Å². The van der Waals surface area contributed by atoms with E-state index in [0.29, 0.717) is 18.8 Å². The van der Waals surface area contributed by atoms with Crippen molar-refractivity contribution in [3.05, 3.63) is 71.3 Å². The van der Waals surface area contributed by atoms with Crippen molar-refractivity contribution >= 4 is 11.4 Å². The van der Waals surface area contributed by atoms with Crippen LogP contribution in [0.3, 0.4) is 0 Å². The molecule has 4 heteroatoms. The molecule has 0 saturated carbocycles. The number of hydrogen-bond acceptors (Lipinski definition) is 2. The Labute approximate surface area is 122 Å². The Morgan fingerprint density at radius 3 is 2.43 bits per heavy atom. The molecule has 0 atom stereocenters. The Morgan fingerprint density at radius 1 is 1.05 bits per heavy atom. The monoisotopic (exact) mass is 277 g/mol. The molecule has 0 radical (unpaired) electrons. The van der Waals surface area contributed by atoms with E-state index in [-0.39, 0.29) is 5.91 Å². The van der Waals surface area contributed by atoms with E-state index in [9.17, 15) is 4.79 Å². The molecule has 1 aliphatic heterocycles. The summed E-state index contributed by atoms with van der Waals surface area (Å²) in [7, 11) is 0. The van der Waals surface area contributed by atoms with E-state index < -0.39 is 0 Å². The van der Waals surface area contributed by atoms with Crippen molar-refractivity contribution in [3.63, 3.8) is 0 Å². The molecular weight excluding hydrogens is 262 g/mol. The molecule has 4 nitrogen and oxygen atoms in total. The van der Waals surface area contributed by atoms with Gasteiger partial charge in [-0.15, -0.1) is 0 Å². The fourth-order valence-corrected chi connectivity index (χ4v) is 2.98. The van der Waals surface area contributed by atoms with Crippen molar-refractivity contribution in [3.8, 4) is 0 Å². The van der Waals surface area contributed by atoms with Crippen LogP contribution in [0.5, 0.6) is 0 Å². The van der Waals surface area contributed by atoms with Crippen LogP contribution in [-0.2, 0) is 13.1 Å². The molecule has 4 rings (SSSR count). The van der Waals surface area contributed by atoms with E-state index in [1.807, 2.05) is 52.8 Å². The van der Waals surface area contributed by atoms with Crippen LogP contribution in [0, 0.1) is 6.92 Å². The largest absolute Gasteiger partial charge is 0.329 e. The van der Waals surface area contributed by atoms with Gasteiger partial charge in [0.1, 0.15) is 5.82 Å². The summed E-state index contributed by atoms with van der Waals surface area (Å²) in [4.78, 5) is 19.1. The molecule has 21 heavy (non-hydrogen) atoms. The number of aryl methyl sites for hydroxylation is 1. The maximum atomic E-state index is 12.8. The molecule has 0 spiro atoms. The zero-order valence-corrected chi connectivity index (χ0v) is 11.8. The molecule has 1 aliphatic rings. The lowest BCUT2D eigenvalue weighted by Gasteiger charge is -2.13. The molecule has 3 heterocycles. The van der Waals surface area contributed by atoms with Crippen LogP contribution in [0.2, 0.25) is 0 Å². The summed E-state index contributed by atoms with van der Waals surface area (Å²) in [5.41, 5.74) is 3.87. The van der Waals surface area contributed by atoms with Crippen LogP contribution in [0.15, 0.2) is 48.7 Å². The molecular formula is C17H15N3O. The second-order valence-corrected chi connectivity index (χ2v) is 5.39. The van der Waals surface area contributed by atoms with Gasteiger partial charge in [-0.2, -0.15) is 0 Å². The lowest BCUT2D eigenvalue weighted by molar-refractivity contribution is 0.0748. The molecule has 2 aromatic heterocycles. The van der Waals surface area contributed by atoms with Gasteiger partial charge in [0.15, 0.2) is 5.69 Å². The summed E-state index contributed by atoms with van der Waals surface area (Å²) in [6.07, 6.45) is 1.94. The first-order chi connectivity index (χ1) is 10.2. The number of pyridine rings is 1. The SMILES string of the molecule is Cc1nc(C(=O)N2Cc3ccccc3C2)c2ccccn12. The fourth-order valence-electron chi connectivity index (χ4n) is 2.98. The first-order valence-electron chi connectivity index (χ1n) is 7.04. The van der Waals surface area contributed by atoms with E-state index in [0.717, 1.165) is 11.3 Å². The van der Waals surface area contributed by atoms with Gasteiger partial charge in [-0.25, -0.2) is 4.98 Å². The predicted octanol–water partition coefficient (Wildman–Crippen LogP) is 2.80. The van der Waals surface area contributed by atoms with Crippen LogP contribution in [-0.4, -0.2) is 20.2 Å². The Morgan fingerprint density at radius 2 is 1.71 bits per heavy atom. The van der Waals surface area contributed by atoms with Crippen LogP contribution >= 0.6 is 0 Å². The topological polar surface area (TPSA) is 37.6 Å². The third-order valence-corrected chi connectivity index (χ3v) is 4.06. The lowest BCUT2D eigenvalue weighted by atomic mass is 10.1. The van der Waals surface area contributed by atoms with E-state index in [4.69, 9.17) is 0 Å². The molecule has 1 amide bonds. The number of fused-ring (bicyclic) bond motifs is 2. The minimum absolute atomic E-state index is 0.00278. The standard InChI is InChI=1S/C17H15N3O/c1-12-18-16(15-8-4-5-9-20(12)15)17(21)19-10-13-6-2-3-7-14(13)11-19/h2-9H,10-11H2,1H3. The summed E-state index contributed by atoms with van der Waals surface area (Å²) >= 11 is 0. The third kappa shape index (κ3) is 1.83. The number of carbonyl (C=O) groups is 1. The summed E-state index contributed by atoms with van der Waals surface area (Å²) in [6.45, 7) is 3.25. The highest BCUT2D eigenvalue weighted by Crippen LogP contribution is 2.25. The van der Waals surface area contributed by atoms with Gasteiger partial charge < -0.3 is 9.30 Å². The van der Waals surface area contributed by atoms with Crippen LogP contribution in [0.4, 0.5) is 0 Å². The maximum absolute atomic E-state index is 12.8. The van der Waals surface area contributed by atoms with Gasteiger partial charge in [-0.3, -0.25) is 4.79 Å². The Kier molecular flexibility index (Phi) is 2.57. The molecule has 104 valence electrons. The second kappa shape index (κ2) is 4.45. The molecule has 0 saturated heterocycles.